The molecule has 2 aliphatic rings. The van der Waals surface area contributed by atoms with E-state index in [2.05, 4.69) is 44.6 Å². The van der Waals surface area contributed by atoms with Crippen molar-refractivity contribution in [1.82, 2.24) is 9.97 Å². The number of aromatic nitrogens is 2. The summed E-state index contributed by atoms with van der Waals surface area (Å²) in [4.78, 5) is 11.1. The predicted molar refractivity (Wildman–Crippen MR) is 108 cm³/mol. The van der Waals surface area contributed by atoms with E-state index in [1.807, 2.05) is 18.2 Å². The molecule has 1 aliphatic carbocycles. The molecule has 0 saturated heterocycles. The van der Waals surface area contributed by atoms with Crippen molar-refractivity contribution < 1.29 is 0 Å². The number of benzene rings is 1. The second kappa shape index (κ2) is 7.67. The van der Waals surface area contributed by atoms with Gasteiger partial charge in [0.15, 0.2) is 0 Å². The summed E-state index contributed by atoms with van der Waals surface area (Å²) in [5.41, 5.74) is 3.26. The number of nitriles is 1. The van der Waals surface area contributed by atoms with Crippen molar-refractivity contribution in [3.8, 4) is 6.07 Å². The van der Waals surface area contributed by atoms with Crippen molar-refractivity contribution in [2.75, 3.05) is 22.1 Å². The van der Waals surface area contributed by atoms with Gasteiger partial charge in [0.1, 0.15) is 17.5 Å². The third-order valence-corrected chi connectivity index (χ3v) is 5.23. The monoisotopic (exact) mass is 360 g/mol. The number of rotatable bonds is 4. The molecule has 0 bridgehead atoms. The van der Waals surface area contributed by atoms with Gasteiger partial charge < -0.3 is 15.5 Å². The van der Waals surface area contributed by atoms with Crippen molar-refractivity contribution in [3.63, 3.8) is 0 Å². The molecule has 138 valence electrons. The Balaban J connectivity index is 1.66. The lowest BCUT2D eigenvalue weighted by molar-refractivity contribution is 0.461. The van der Waals surface area contributed by atoms with Gasteiger partial charge in [0, 0.05) is 18.8 Å². The minimum Gasteiger partial charge on any atom is -0.351 e. The molecule has 4 rings (SSSR count). The molecule has 1 aromatic heterocycles. The molecule has 2 aromatic rings. The largest absolute Gasteiger partial charge is 0.351 e. The fraction of sp³-hybridized carbons (Fsp3) is 0.381. The minimum absolute atomic E-state index is 0.424. The van der Waals surface area contributed by atoms with Gasteiger partial charge in [-0.25, -0.2) is 9.97 Å². The van der Waals surface area contributed by atoms with Gasteiger partial charge >= 0.3 is 0 Å². The van der Waals surface area contributed by atoms with Crippen LogP contribution in [0.2, 0.25) is 0 Å². The maximum Gasteiger partial charge on any atom is 0.223 e. The van der Waals surface area contributed by atoms with Gasteiger partial charge in [-0.05, 0) is 38.0 Å². The molecule has 0 spiro atoms. The second-order valence-electron chi connectivity index (χ2n) is 6.97. The number of fused-ring (bicyclic) bond motifs is 1. The number of hydrogen-bond acceptors (Lipinski definition) is 6. The molecule has 1 aromatic carbocycles. The zero-order valence-corrected chi connectivity index (χ0v) is 15.6. The highest BCUT2D eigenvalue weighted by molar-refractivity contribution is 5.90. The first-order valence-corrected chi connectivity index (χ1v) is 9.68. The minimum atomic E-state index is 0.424. The van der Waals surface area contributed by atoms with E-state index in [0.717, 1.165) is 36.6 Å². The van der Waals surface area contributed by atoms with Crippen LogP contribution in [0.3, 0.4) is 0 Å². The summed E-state index contributed by atoms with van der Waals surface area (Å²) in [5, 5.41) is 16.7. The molecule has 2 heterocycles. The van der Waals surface area contributed by atoms with E-state index in [1.54, 1.807) is 12.3 Å². The number of hydrogen-bond donors (Lipinski definition) is 2. The Labute approximate surface area is 159 Å². The lowest BCUT2D eigenvalue weighted by atomic mass is 9.96. The van der Waals surface area contributed by atoms with Gasteiger partial charge in [-0.3, -0.25) is 0 Å². The quantitative estimate of drug-likeness (QED) is 0.789. The molecule has 0 atom stereocenters. The predicted octanol–water partition coefficient (Wildman–Crippen LogP) is 4.37. The zero-order valence-electron chi connectivity index (χ0n) is 15.6. The Morgan fingerprint density at radius 1 is 1.26 bits per heavy atom. The molecule has 1 aliphatic heterocycles. The molecule has 27 heavy (non-hydrogen) atoms. The van der Waals surface area contributed by atoms with E-state index in [4.69, 9.17) is 0 Å². The zero-order chi connectivity index (χ0) is 18.6. The van der Waals surface area contributed by atoms with Crippen LogP contribution in [-0.4, -0.2) is 22.6 Å². The smallest absolute Gasteiger partial charge is 0.223 e. The molecule has 2 N–H and O–H groups in total. The first kappa shape index (κ1) is 17.3. The van der Waals surface area contributed by atoms with Gasteiger partial charge in [-0.2, -0.15) is 5.26 Å². The maximum atomic E-state index is 9.89. The van der Waals surface area contributed by atoms with Gasteiger partial charge in [0.2, 0.25) is 5.95 Å². The van der Waals surface area contributed by atoms with Crippen molar-refractivity contribution in [1.29, 1.82) is 5.26 Å². The van der Waals surface area contributed by atoms with E-state index in [1.165, 1.54) is 19.3 Å². The van der Waals surface area contributed by atoms with Crippen LogP contribution in [0.4, 0.5) is 17.3 Å². The van der Waals surface area contributed by atoms with Crippen LogP contribution in [0.5, 0.6) is 0 Å². The number of para-hydroxylation sites is 2. The van der Waals surface area contributed by atoms with Crippen LogP contribution >= 0.6 is 0 Å². The van der Waals surface area contributed by atoms with E-state index < -0.39 is 0 Å². The van der Waals surface area contributed by atoms with Gasteiger partial charge in [0.05, 0.1) is 17.1 Å². The summed E-state index contributed by atoms with van der Waals surface area (Å²) in [6.45, 7) is 2.84. The molecule has 1 fully saturated rings. The van der Waals surface area contributed by atoms with E-state index in [9.17, 15) is 5.26 Å². The van der Waals surface area contributed by atoms with E-state index in [0.29, 0.717) is 23.3 Å². The first-order valence-electron chi connectivity index (χ1n) is 9.68. The number of anilines is 3. The average Bonchev–Trinajstić information content (AvgIpc) is 3.08. The third kappa shape index (κ3) is 3.45. The second-order valence-corrected chi connectivity index (χ2v) is 6.97. The van der Waals surface area contributed by atoms with Gasteiger partial charge in [-0.15, -0.1) is 0 Å². The van der Waals surface area contributed by atoms with Gasteiger partial charge in [0.25, 0.3) is 0 Å². The average molecular weight is 360 g/mol. The standard InChI is InChI=1S/C21H24N6/c1-2-27-19-11-7-6-10-18(19)25-20(27)16(14-22)17-12-13-23-21(26-17)24-15-8-4-3-5-9-15/h6-7,10-13,15,25H,2-5,8-9H2,1H3,(H,23,24,26)/b20-16+. The molecule has 0 radical (unpaired) electrons. The molecule has 1 saturated carbocycles. The topological polar surface area (TPSA) is 76.9 Å². The SMILES string of the molecule is CCN1/C(=C(\C#N)c2ccnc(NC3CCCCC3)n2)Nc2ccccc21. The van der Waals surface area contributed by atoms with Crippen molar-refractivity contribution in [2.45, 2.75) is 45.1 Å². The third-order valence-electron chi connectivity index (χ3n) is 5.23. The van der Waals surface area contributed by atoms with E-state index >= 15 is 0 Å². The maximum absolute atomic E-state index is 9.89. The van der Waals surface area contributed by atoms with Crippen molar-refractivity contribution >= 4 is 22.9 Å². The Bertz CT molecular complexity index is 892. The van der Waals surface area contributed by atoms with Crippen LogP contribution in [0.1, 0.15) is 44.7 Å². The molecule has 0 unspecified atom stereocenters. The molecule has 6 nitrogen and oxygen atoms in total. The van der Waals surface area contributed by atoms with Crippen LogP contribution in [0.25, 0.3) is 5.57 Å². The number of allylic oxidation sites excluding steroid dienone is 1. The Morgan fingerprint density at radius 3 is 2.85 bits per heavy atom. The van der Waals surface area contributed by atoms with Crippen LogP contribution in [-0.2, 0) is 0 Å². The molecule has 6 heteroatoms. The Kier molecular flexibility index (Phi) is 4.93. The summed E-state index contributed by atoms with van der Waals surface area (Å²) < 4.78 is 0. The van der Waals surface area contributed by atoms with Crippen molar-refractivity contribution in [3.05, 3.63) is 48.0 Å². The van der Waals surface area contributed by atoms with E-state index in [-0.39, 0.29) is 0 Å². The highest BCUT2D eigenvalue weighted by Crippen LogP contribution is 2.38. The summed E-state index contributed by atoms with van der Waals surface area (Å²) in [5.74, 6) is 1.38. The summed E-state index contributed by atoms with van der Waals surface area (Å²) in [6.07, 6.45) is 7.84. The summed E-state index contributed by atoms with van der Waals surface area (Å²) in [6, 6.07) is 12.7. The molecular formula is C21H24N6. The number of nitrogens with one attached hydrogen (secondary N) is 2. The highest BCUT2D eigenvalue weighted by atomic mass is 15.3. The van der Waals surface area contributed by atoms with Crippen LogP contribution in [0.15, 0.2) is 42.3 Å². The Morgan fingerprint density at radius 2 is 2.07 bits per heavy atom. The highest BCUT2D eigenvalue weighted by Gasteiger charge is 2.26. The fourth-order valence-electron chi connectivity index (χ4n) is 3.88. The fourth-order valence-corrected chi connectivity index (χ4v) is 3.88. The first-order chi connectivity index (χ1) is 13.3. The normalized spacial score (nSPS) is 18.4. The number of nitrogens with zero attached hydrogens (tertiary/aromatic N) is 4. The summed E-state index contributed by atoms with van der Waals surface area (Å²) >= 11 is 0. The lowest BCUT2D eigenvalue weighted by Gasteiger charge is -2.23. The summed E-state index contributed by atoms with van der Waals surface area (Å²) in [7, 11) is 0. The van der Waals surface area contributed by atoms with Gasteiger partial charge in [-0.1, -0.05) is 31.4 Å². The lowest BCUT2D eigenvalue weighted by Crippen LogP contribution is -2.24. The molecule has 0 amide bonds. The van der Waals surface area contributed by atoms with Crippen LogP contribution in [0, 0.1) is 11.3 Å². The Hall–Kier alpha value is -3.07. The van der Waals surface area contributed by atoms with Crippen molar-refractivity contribution in [2.24, 2.45) is 0 Å². The molecular weight excluding hydrogens is 336 g/mol. The van der Waals surface area contributed by atoms with Crippen LogP contribution < -0.4 is 15.5 Å².